The predicted molar refractivity (Wildman–Crippen MR) is 170 cm³/mol. The molecule has 0 unspecified atom stereocenters. The summed E-state index contributed by atoms with van der Waals surface area (Å²) < 4.78 is 40.0. The van der Waals surface area contributed by atoms with Crippen LogP contribution in [-0.2, 0) is 21.3 Å². The van der Waals surface area contributed by atoms with Crippen LogP contribution in [0.3, 0.4) is 0 Å². The second kappa shape index (κ2) is 11.6. The number of piperazine rings is 1. The molecule has 1 N–H and O–H groups in total. The van der Waals surface area contributed by atoms with Crippen LogP contribution in [0.2, 0.25) is 5.02 Å². The first-order valence-corrected chi connectivity index (χ1v) is 16.2. The van der Waals surface area contributed by atoms with Gasteiger partial charge in [0.15, 0.2) is 5.76 Å². The van der Waals surface area contributed by atoms with E-state index in [0.717, 1.165) is 3.97 Å². The second-order valence-electron chi connectivity index (χ2n) is 12.0. The SMILES string of the molecule is CC(C)(C)OC(=O)N1CCN(Cc2c(O)ccc3c2OC(=Cc2cn(S(=O)(=O)c4ccccc4Cl)c4ccccc24)C3=O)CC1. The molecule has 0 atom stereocenters. The van der Waals surface area contributed by atoms with Gasteiger partial charge >= 0.3 is 6.09 Å². The minimum atomic E-state index is -4.06. The zero-order valence-electron chi connectivity index (χ0n) is 25.0. The number of hydrogen-bond acceptors (Lipinski definition) is 8. The Morgan fingerprint density at radius 2 is 1.71 bits per heavy atom. The molecule has 0 radical (unpaired) electrons. The van der Waals surface area contributed by atoms with E-state index in [2.05, 4.69) is 4.90 Å². The molecule has 0 spiro atoms. The van der Waals surface area contributed by atoms with Crippen LogP contribution in [0.1, 0.15) is 42.3 Å². The Balaban J connectivity index is 1.28. The summed E-state index contributed by atoms with van der Waals surface area (Å²) in [5, 5.41) is 11.5. The smallest absolute Gasteiger partial charge is 0.410 e. The third kappa shape index (κ3) is 5.90. The molecular weight excluding hydrogens is 618 g/mol. The molecule has 234 valence electrons. The molecule has 4 aromatic rings. The average molecular weight is 650 g/mol. The van der Waals surface area contributed by atoms with Crippen LogP contribution in [0.25, 0.3) is 17.0 Å². The van der Waals surface area contributed by atoms with Crippen molar-refractivity contribution in [2.75, 3.05) is 26.2 Å². The number of para-hydroxylation sites is 1. The van der Waals surface area contributed by atoms with Gasteiger partial charge in [-0.2, -0.15) is 0 Å². The van der Waals surface area contributed by atoms with E-state index in [-0.39, 0.29) is 39.1 Å². The highest BCUT2D eigenvalue weighted by atomic mass is 35.5. The van der Waals surface area contributed by atoms with E-state index >= 15 is 0 Å². The van der Waals surface area contributed by atoms with Crippen molar-refractivity contribution in [3.8, 4) is 11.5 Å². The van der Waals surface area contributed by atoms with Crippen LogP contribution < -0.4 is 4.74 Å². The van der Waals surface area contributed by atoms with E-state index in [4.69, 9.17) is 21.1 Å². The second-order valence-corrected chi connectivity index (χ2v) is 14.1. The van der Waals surface area contributed by atoms with Gasteiger partial charge in [0.25, 0.3) is 10.0 Å². The van der Waals surface area contributed by atoms with E-state index in [1.807, 2.05) is 20.8 Å². The van der Waals surface area contributed by atoms with Gasteiger partial charge in [-0.3, -0.25) is 9.69 Å². The molecule has 0 saturated carbocycles. The number of amides is 1. The first-order chi connectivity index (χ1) is 21.3. The van der Waals surface area contributed by atoms with E-state index in [1.165, 1.54) is 36.5 Å². The van der Waals surface area contributed by atoms with Crippen molar-refractivity contribution in [2.45, 2.75) is 37.8 Å². The Hall–Kier alpha value is -4.32. The van der Waals surface area contributed by atoms with E-state index in [1.54, 1.807) is 41.3 Å². The van der Waals surface area contributed by atoms with Crippen molar-refractivity contribution in [1.82, 2.24) is 13.8 Å². The number of rotatable bonds is 5. The number of fused-ring (bicyclic) bond motifs is 2. The monoisotopic (exact) mass is 649 g/mol. The summed E-state index contributed by atoms with van der Waals surface area (Å²) in [6.45, 7) is 7.76. The molecule has 10 nitrogen and oxygen atoms in total. The largest absolute Gasteiger partial charge is 0.507 e. The Labute approximate surface area is 266 Å². The lowest BCUT2D eigenvalue weighted by Gasteiger charge is -2.35. The average Bonchev–Trinajstić information content (AvgIpc) is 3.52. The molecule has 1 fully saturated rings. The van der Waals surface area contributed by atoms with Crippen LogP contribution in [0, 0.1) is 0 Å². The van der Waals surface area contributed by atoms with Gasteiger partial charge in [0.05, 0.1) is 21.7 Å². The number of benzene rings is 3. The number of allylic oxidation sites excluding steroid dienone is 1. The van der Waals surface area contributed by atoms with Gasteiger partial charge in [-0.25, -0.2) is 17.2 Å². The number of nitrogens with zero attached hydrogens (tertiary/aromatic N) is 3. The highest BCUT2D eigenvalue weighted by Gasteiger charge is 2.33. The van der Waals surface area contributed by atoms with Gasteiger partial charge in [-0.1, -0.05) is 41.9 Å². The molecule has 2 aliphatic heterocycles. The molecule has 3 aromatic carbocycles. The lowest BCUT2D eigenvalue weighted by Crippen LogP contribution is -2.49. The summed E-state index contributed by atoms with van der Waals surface area (Å²) in [6, 6.07) is 16.1. The molecular formula is C33H32ClN3O7S. The quantitative estimate of drug-likeness (QED) is 0.265. The van der Waals surface area contributed by atoms with Crippen molar-refractivity contribution in [1.29, 1.82) is 0 Å². The van der Waals surface area contributed by atoms with Crippen LogP contribution in [-0.4, -0.2) is 71.0 Å². The number of carbonyl (C=O) groups excluding carboxylic acids is 2. The molecule has 45 heavy (non-hydrogen) atoms. The molecule has 0 aliphatic carbocycles. The normalized spacial score (nSPS) is 16.7. The molecule has 1 saturated heterocycles. The van der Waals surface area contributed by atoms with Gasteiger partial charge in [0.1, 0.15) is 22.0 Å². The van der Waals surface area contributed by atoms with Crippen LogP contribution in [0.5, 0.6) is 11.5 Å². The number of phenols is 1. The standard InChI is InChI=1S/C33H32ClN3O7S/c1-33(2,3)44-32(40)36-16-14-35(15-17-36)20-24-27(38)13-12-23-30(39)28(43-31(23)24)18-21-19-37(26-10-6-4-8-22(21)26)45(41,42)29-11-7-5-9-25(29)34/h4-13,18-19,38H,14-17,20H2,1-3H3. The lowest BCUT2D eigenvalue weighted by molar-refractivity contribution is 0.0137. The number of hydrogen-bond donors (Lipinski definition) is 1. The molecule has 6 rings (SSSR count). The highest BCUT2D eigenvalue weighted by Crippen LogP contribution is 2.41. The predicted octanol–water partition coefficient (Wildman–Crippen LogP) is 5.91. The fourth-order valence-electron chi connectivity index (χ4n) is 5.48. The molecule has 1 aromatic heterocycles. The van der Waals surface area contributed by atoms with Gasteiger partial charge in [0.2, 0.25) is 5.78 Å². The maximum Gasteiger partial charge on any atom is 0.410 e. The number of phenolic OH excluding ortho intramolecular Hbond substituents is 1. The van der Waals surface area contributed by atoms with E-state index < -0.39 is 15.6 Å². The number of ether oxygens (including phenoxy) is 2. The Morgan fingerprint density at radius 3 is 2.42 bits per heavy atom. The van der Waals surface area contributed by atoms with Crippen LogP contribution in [0.15, 0.2) is 77.5 Å². The van der Waals surface area contributed by atoms with Crippen molar-refractivity contribution in [3.05, 3.63) is 94.3 Å². The summed E-state index contributed by atoms with van der Waals surface area (Å²) >= 11 is 6.25. The first-order valence-electron chi connectivity index (χ1n) is 14.4. The molecule has 0 bridgehead atoms. The zero-order chi connectivity index (χ0) is 32.1. The summed E-state index contributed by atoms with van der Waals surface area (Å²) in [4.78, 5) is 29.7. The zero-order valence-corrected chi connectivity index (χ0v) is 26.6. The number of halogens is 1. The molecule has 2 aliphatic rings. The third-order valence-corrected chi connectivity index (χ3v) is 9.86. The van der Waals surface area contributed by atoms with Crippen molar-refractivity contribution in [2.24, 2.45) is 0 Å². The van der Waals surface area contributed by atoms with E-state index in [9.17, 15) is 23.1 Å². The van der Waals surface area contributed by atoms with Crippen LogP contribution >= 0.6 is 11.6 Å². The summed E-state index contributed by atoms with van der Waals surface area (Å²) in [7, 11) is -4.06. The number of ketones is 1. The summed E-state index contributed by atoms with van der Waals surface area (Å²) in [5.74, 6) is -0.135. The summed E-state index contributed by atoms with van der Waals surface area (Å²) in [6.07, 6.45) is 2.60. The maximum absolute atomic E-state index is 13.7. The number of carbonyl (C=O) groups is 2. The molecule has 12 heteroatoms. The number of aromatic nitrogens is 1. The van der Waals surface area contributed by atoms with E-state index in [0.29, 0.717) is 60.3 Å². The van der Waals surface area contributed by atoms with Gasteiger partial charge < -0.3 is 19.5 Å². The van der Waals surface area contributed by atoms with Gasteiger partial charge in [0, 0.05) is 49.9 Å². The topological polar surface area (TPSA) is 118 Å². The van der Waals surface area contributed by atoms with Crippen molar-refractivity contribution in [3.63, 3.8) is 0 Å². The highest BCUT2D eigenvalue weighted by molar-refractivity contribution is 7.90. The molecule has 1 amide bonds. The van der Waals surface area contributed by atoms with Crippen LogP contribution in [0.4, 0.5) is 4.79 Å². The number of aromatic hydroxyl groups is 1. The fourth-order valence-corrected chi connectivity index (χ4v) is 7.35. The maximum atomic E-state index is 13.7. The number of Topliss-reactive ketones (excluding diaryl/α,β-unsaturated/α-hetero) is 1. The Kier molecular flexibility index (Phi) is 7.88. The van der Waals surface area contributed by atoms with Gasteiger partial charge in [-0.05, 0) is 57.2 Å². The van der Waals surface area contributed by atoms with Crippen molar-refractivity contribution < 1.29 is 32.6 Å². The Bertz CT molecular complexity index is 1970. The fraction of sp³-hybridized carbons (Fsp3) is 0.273. The first kappa shape index (κ1) is 30.7. The Morgan fingerprint density at radius 1 is 1.02 bits per heavy atom. The third-order valence-electron chi connectivity index (χ3n) is 7.69. The minimum absolute atomic E-state index is 0.00430. The minimum Gasteiger partial charge on any atom is -0.507 e. The lowest BCUT2D eigenvalue weighted by atomic mass is 10.0. The molecule has 3 heterocycles. The summed E-state index contributed by atoms with van der Waals surface area (Å²) in [5.41, 5.74) is 1.04. The van der Waals surface area contributed by atoms with Gasteiger partial charge in [-0.15, -0.1) is 0 Å². The van der Waals surface area contributed by atoms with Crippen molar-refractivity contribution >= 4 is 50.5 Å².